The van der Waals surface area contributed by atoms with E-state index in [1.54, 1.807) is 22.1 Å². The Hall–Kier alpha value is -1.66. The van der Waals surface area contributed by atoms with E-state index in [1.807, 2.05) is 18.2 Å². The predicted molar refractivity (Wildman–Crippen MR) is 89.5 cm³/mol. The Kier molecular flexibility index (Phi) is 4.82. The number of hydrogen-bond donors (Lipinski definition) is 0. The molecule has 124 valence electrons. The summed E-state index contributed by atoms with van der Waals surface area (Å²) in [7, 11) is -1.71. The molecule has 0 bridgehead atoms. The van der Waals surface area contributed by atoms with Crippen molar-refractivity contribution in [2.24, 2.45) is 7.05 Å². The molecule has 6 heteroatoms. The van der Waals surface area contributed by atoms with Crippen LogP contribution in [0.25, 0.3) is 0 Å². The van der Waals surface area contributed by atoms with Crippen LogP contribution in [-0.2, 0) is 23.5 Å². The molecule has 1 aliphatic heterocycles. The van der Waals surface area contributed by atoms with Gasteiger partial charge in [0.05, 0.1) is 6.33 Å². The van der Waals surface area contributed by atoms with Gasteiger partial charge in [-0.05, 0) is 31.2 Å². The van der Waals surface area contributed by atoms with Crippen molar-refractivity contribution in [3.05, 3.63) is 48.4 Å². The fourth-order valence-corrected chi connectivity index (χ4v) is 4.89. The first-order valence-corrected chi connectivity index (χ1v) is 9.55. The quantitative estimate of drug-likeness (QED) is 0.845. The molecule has 0 N–H and O–H groups in total. The summed E-state index contributed by atoms with van der Waals surface area (Å²) in [5.41, 5.74) is 1.26. The molecule has 0 spiro atoms. The van der Waals surface area contributed by atoms with Crippen LogP contribution in [0.1, 0.15) is 31.2 Å². The molecule has 0 radical (unpaired) electrons. The first-order valence-electron chi connectivity index (χ1n) is 8.11. The van der Waals surface area contributed by atoms with Crippen LogP contribution >= 0.6 is 0 Å². The Bertz CT molecular complexity index is 740. The van der Waals surface area contributed by atoms with Gasteiger partial charge in [-0.3, -0.25) is 0 Å². The fourth-order valence-electron chi connectivity index (χ4n) is 3.20. The van der Waals surface area contributed by atoms with Crippen LogP contribution in [0.2, 0.25) is 0 Å². The number of aromatic nitrogens is 2. The number of hydrogen-bond acceptors (Lipinski definition) is 3. The summed E-state index contributed by atoms with van der Waals surface area (Å²) in [6.45, 7) is 0.596. The van der Waals surface area contributed by atoms with Gasteiger partial charge in [-0.15, -0.1) is 0 Å². The van der Waals surface area contributed by atoms with Crippen LogP contribution in [0, 0.1) is 0 Å². The van der Waals surface area contributed by atoms with Gasteiger partial charge < -0.3 is 4.57 Å². The van der Waals surface area contributed by atoms with Gasteiger partial charge in [0, 0.05) is 25.8 Å². The molecule has 23 heavy (non-hydrogen) atoms. The van der Waals surface area contributed by atoms with Crippen LogP contribution in [0.15, 0.2) is 47.9 Å². The number of sulfonamides is 1. The molecule has 2 heterocycles. The molecule has 1 aliphatic rings. The maximum atomic E-state index is 12.9. The standard InChI is InChI=1S/C17H23N3O2S/c1-19-13-17(18-14-19)23(21,22)20-12-6-5-9-16(20)11-10-15-7-3-2-4-8-15/h2-4,7-8,13-14,16H,5-6,9-12H2,1H3/t16-/m1/s1. The minimum absolute atomic E-state index is 0.0657. The van der Waals surface area contributed by atoms with Crippen LogP contribution in [0.4, 0.5) is 0 Å². The molecular formula is C17H23N3O2S. The second kappa shape index (κ2) is 6.84. The third-order valence-electron chi connectivity index (χ3n) is 4.44. The zero-order valence-corrected chi connectivity index (χ0v) is 14.2. The Labute approximate surface area is 138 Å². The third kappa shape index (κ3) is 3.64. The number of aryl methyl sites for hydroxylation is 2. The first kappa shape index (κ1) is 16.2. The molecule has 1 fully saturated rings. The van der Waals surface area contributed by atoms with E-state index in [4.69, 9.17) is 0 Å². The molecule has 0 unspecified atom stereocenters. The molecule has 5 nitrogen and oxygen atoms in total. The first-order chi connectivity index (χ1) is 11.1. The number of imidazole rings is 1. The average molecular weight is 333 g/mol. The summed E-state index contributed by atoms with van der Waals surface area (Å²) < 4.78 is 29.1. The SMILES string of the molecule is Cn1cnc(S(=O)(=O)N2CCCC[C@@H]2CCc2ccccc2)c1. The van der Waals surface area contributed by atoms with Crippen molar-refractivity contribution in [1.82, 2.24) is 13.9 Å². The van der Waals surface area contributed by atoms with E-state index in [1.165, 1.54) is 11.9 Å². The van der Waals surface area contributed by atoms with Crippen molar-refractivity contribution in [3.63, 3.8) is 0 Å². The van der Waals surface area contributed by atoms with E-state index in [0.717, 1.165) is 32.1 Å². The number of rotatable bonds is 5. The summed E-state index contributed by atoms with van der Waals surface area (Å²) >= 11 is 0. The van der Waals surface area contributed by atoms with Crippen molar-refractivity contribution in [1.29, 1.82) is 0 Å². The largest absolute Gasteiger partial charge is 0.339 e. The fraction of sp³-hybridized carbons (Fsp3) is 0.471. The van der Waals surface area contributed by atoms with E-state index < -0.39 is 10.0 Å². The monoisotopic (exact) mass is 333 g/mol. The molecule has 0 amide bonds. The normalized spacial score (nSPS) is 19.8. The summed E-state index contributed by atoms with van der Waals surface area (Å²) in [5.74, 6) is 0. The molecule has 2 aromatic rings. The minimum Gasteiger partial charge on any atom is -0.339 e. The Balaban J connectivity index is 1.76. The number of nitrogens with zero attached hydrogens (tertiary/aromatic N) is 3. The molecule has 0 aliphatic carbocycles. The minimum atomic E-state index is -3.49. The van der Waals surface area contributed by atoms with Crippen molar-refractivity contribution >= 4 is 10.0 Å². The van der Waals surface area contributed by atoms with Gasteiger partial charge in [0.1, 0.15) is 0 Å². The van der Waals surface area contributed by atoms with Crippen molar-refractivity contribution in [2.75, 3.05) is 6.54 Å². The molecular weight excluding hydrogens is 310 g/mol. The summed E-state index contributed by atoms with van der Waals surface area (Å²) in [5, 5.41) is 0.159. The van der Waals surface area contributed by atoms with E-state index >= 15 is 0 Å². The zero-order valence-electron chi connectivity index (χ0n) is 13.4. The summed E-state index contributed by atoms with van der Waals surface area (Å²) in [4.78, 5) is 4.05. The highest BCUT2D eigenvalue weighted by Crippen LogP contribution is 2.27. The number of benzene rings is 1. The maximum absolute atomic E-state index is 12.9. The Morgan fingerprint density at radius 1 is 1.22 bits per heavy atom. The van der Waals surface area contributed by atoms with Crippen molar-refractivity contribution < 1.29 is 8.42 Å². The van der Waals surface area contributed by atoms with E-state index in [9.17, 15) is 8.42 Å². The Morgan fingerprint density at radius 3 is 2.70 bits per heavy atom. The molecule has 0 saturated carbocycles. The molecule has 1 aromatic heterocycles. The van der Waals surface area contributed by atoms with Gasteiger partial charge in [0.25, 0.3) is 10.0 Å². The van der Waals surface area contributed by atoms with Crippen molar-refractivity contribution in [2.45, 2.75) is 43.2 Å². The average Bonchev–Trinajstić information content (AvgIpc) is 3.01. The van der Waals surface area contributed by atoms with Crippen LogP contribution in [-0.4, -0.2) is 34.9 Å². The number of piperidine rings is 1. The van der Waals surface area contributed by atoms with Gasteiger partial charge in [-0.25, -0.2) is 13.4 Å². The molecule has 1 saturated heterocycles. The second-order valence-electron chi connectivity index (χ2n) is 6.17. The lowest BCUT2D eigenvalue weighted by Crippen LogP contribution is -2.44. The topological polar surface area (TPSA) is 55.2 Å². The van der Waals surface area contributed by atoms with E-state index in [-0.39, 0.29) is 11.1 Å². The highest BCUT2D eigenvalue weighted by atomic mass is 32.2. The van der Waals surface area contributed by atoms with Gasteiger partial charge >= 0.3 is 0 Å². The van der Waals surface area contributed by atoms with Gasteiger partial charge in [0.2, 0.25) is 0 Å². The van der Waals surface area contributed by atoms with Crippen LogP contribution in [0.3, 0.4) is 0 Å². The van der Waals surface area contributed by atoms with Crippen LogP contribution in [0.5, 0.6) is 0 Å². The Morgan fingerprint density at radius 2 is 2.00 bits per heavy atom. The molecule has 1 atom stereocenters. The lowest BCUT2D eigenvalue weighted by Gasteiger charge is -2.34. The predicted octanol–water partition coefficient (Wildman–Crippen LogP) is 2.60. The highest BCUT2D eigenvalue weighted by Gasteiger charge is 2.34. The zero-order chi connectivity index (χ0) is 16.3. The van der Waals surface area contributed by atoms with Gasteiger partial charge in [-0.1, -0.05) is 36.8 Å². The summed E-state index contributed by atoms with van der Waals surface area (Å²) in [6, 6.07) is 10.3. The maximum Gasteiger partial charge on any atom is 0.262 e. The molecule has 3 rings (SSSR count). The third-order valence-corrected chi connectivity index (χ3v) is 6.27. The molecule has 1 aromatic carbocycles. The van der Waals surface area contributed by atoms with Gasteiger partial charge in [0.15, 0.2) is 5.03 Å². The lowest BCUT2D eigenvalue weighted by atomic mass is 9.98. The highest BCUT2D eigenvalue weighted by molar-refractivity contribution is 7.89. The van der Waals surface area contributed by atoms with Crippen LogP contribution < -0.4 is 0 Å². The lowest BCUT2D eigenvalue weighted by molar-refractivity contribution is 0.240. The van der Waals surface area contributed by atoms with E-state index in [0.29, 0.717) is 6.54 Å². The second-order valence-corrected chi connectivity index (χ2v) is 8.00. The van der Waals surface area contributed by atoms with Crippen molar-refractivity contribution in [3.8, 4) is 0 Å². The smallest absolute Gasteiger partial charge is 0.262 e. The summed E-state index contributed by atoms with van der Waals surface area (Å²) in [6.07, 6.45) is 7.82. The van der Waals surface area contributed by atoms with E-state index in [2.05, 4.69) is 17.1 Å². The van der Waals surface area contributed by atoms with Gasteiger partial charge in [-0.2, -0.15) is 4.31 Å².